The Morgan fingerprint density at radius 1 is 1.40 bits per heavy atom. The second kappa shape index (κ2) is 5.18. The number of nitrogens with two attached hydrogens (primary N) is 1. The summed E-state index contributed by atoms with van der Waals surface area (Å²) in [6.07, 6.45) is 4.99. The highest BCUT2D eigenvalue weighted by Crippen LogP contribution is 2.43. The topological polar surface area (TPSA) is 76.3 Å². The standard InChI is InChI=1S/C13H21N3O2S2/c1-2-9-4-3-7-16(8-9)13-11(12(14)15-19-13)20(17,18)10-5-6-10/h9-10H,2-8H2,1H3,(H2,14,15). The maximum absolute atomic E-state index is 12.6. The van der Waals surface area contributed by atoms with Gasteiger partial charge in [-0.15, -0.1) is 0 Å². The number of rotatable bonds is 4. The van der Waals surface area contributed by atoms with Gasteiger partial charge in [0.15, 0.2) is 15.7 Å². The zero-order valence-electron chi connectivity index (χ0n) is 11.7. The number of sulfone groups is 1. The fourth-order valence-corrected chi connectivity index (χ4v) is 5.94. The van der Waals surface area contributed by atoms with Crippen LogP contribution in [0, 0.1) is 5.92 Å². The van der Waals surface area contributed by atoms with E-state index in [0.717, 1.165) is 43.8 Å². The van der Waals surface area contributed by atoms with Crippen molar-refractivity contribution in [2.24, 2.45) is 5.92 Å². The molecule has 5 nitrogen and oxygen atoms in total. The van der Waals surface area contributed by atoms with Gasteiger partial charge in [0.25, 0.3) is 0 Å². The maximum Gasteiger partial charge on any atom is 0.187 e. The summed E-state index contributed by atoms with van der Waals surface area (Å²) in [6.45, 7) is 4.02. The quantitative estimate of drug-likeness (QED) is 0.922. The summed E-state index contributed by atoms with van der Waals surface area (Å²) in [6, 6.07) is 0. The Morgan fingerprint density at radius 3 is 2.80 bits per heavy atom. The van der Waals surface area contributed by atoms with Gasteiger partial charge in [-0.05, 0) is 43.1 Å². The Labute approximate surface area is 124 Å². The van der Waals surface area contributed by atoms with Crippen LogP contribution in [0.25, 0.3) is 0 Å². The van der Waals surface area contributed by atoms with Gasteiger partial charge in [-0.1, -0.05) is 13.3 Å². The molecule has 1 atom stereocenters. The maximum atomic E-state index is 12.6. The van der Waals surface area contributed by atoms with Gasteiger partial charge in [-0.2, -0.15) is 4.37 Å². The van der Waals surface area contributed by atoms with E-state index in [4.69, 9.17) is 5.73 Å². The Morgan fingerprint density at radius 2 is 2.15 bits per heavy atom. The van der Waals surface area contributed by atoms with Crippen LogP contribution < -0.4 is 10.6 Å². The van der Waals surface area contributed by atoms with E-state index < -0.39 is 9.84 Å². The fraction of sp³-hybridized carbons (Fsp3) is 0.769. The summed E-state index contributed by atoms with van der Waals surface area (Å²) >= 11 is 1.24. The van der Waals surface area contributed by atoms with E-state index in [2.05, 4.69) is 16.2 Å². The molecule has 0 bridgehead atoms. The molecule has 1 aliphatic carbocycles. The SMILES string of the molecule is CCC1CCCN(c2snc(N)c2S(=O)(=O)C2CC2)C1. The molecule has 3 rings (SSSR count). The Bertz CT molecular complexity index is 593. The van der Waals surface area contributed by atoms with E-state index in [1.165, 1.54) is 18.0 Å². The Balaban J connectivity index is 1.94. The van der Waals surface area contributed by atoms with E-state index in [1.807, 2.05) is 0 Å². The van der Waals surface area contributed by atoms with Crippen LogP contribution in [0.4, 0.5) is 10.8 Å². The average Bonchev–Trinajstić information content (AvgIpc) is 3.22. The molecule has 0 spiro atoms. The number of nitrogen functional groups attached to an aromatic ring is 1. The predicted molar refractivity (Wildman–Crippen MR) is 82.0 cm³/mol. The molecule has 1 unspecified atom stereocenters. The molecule has 0 aromatic carbocycles. The molecule has 1 saturated heterocycles. The van der Waals surface area contributed by atoms with Gasteiger partial charge < -0.3 is 10.6 Å². The molecular weight excluding hydrogens is 294 g/mol. The first-order valence-electron chi connectivity index (χ1n) is 7.28. The van der Waals surface area contributed by atoms with Gasteiger partial charge in [0.2, 0.25) is 0 Å². The second-order valence-electron chi connectivity index (χ2n) is 5.81. The summed E-state index contributed by atoms with van der Waals surface area (Å²) in [5, 5.41) is 0.541. The van der Waals surface area contributed by atoms with E-state index >= 15 is 0 Å². The molecule has 2 aliphatic rings. The van der Waals surface area contributed by atoms with Crippen molar-refractivity contribution < 1.29 is 8.42 Å². The van der Waals surface area contributed by atoms with E-state index in [1.54, 1.807) is 0 Å². The van der Waals surface area contributed by atoms with Crippen molar-refractivity contribution in [3.8, 4) is 0 Å². The molecule has 1 aromatic heterocycles. The first-order valence-corrected chi connectivity index (χ1v) is 9.60. The minimum atomic E-state index is -3.28. The van der Waals surface area contributed by atoms with Crippen LogP contribution in [0.3, 0.4) is 0 Å². The van der Waals surface area contributed by atoms with E-state index in [9.17, 15) is 8.42 Å². The largest absolute Gasteiger partial charge is 0.382 e. The Hall–Kier alpha value is -0.820. The highest BCUT2D eigenvalue weighted by molar-refractivity contribution is 7.92. The molecule has 112 valence electrons. The Kier molecular flexibility index (Phi) is 3.66. The van der Waals surface area contributed by atoms with Crippen molar-refractivity contribution >= 4 is 32.2 Å². The molecule has 0 radical (unpaired) electrons. The lowest BCUT2D eigenvalue weighted by atomic mass is 9.96. The first-order chi connectivity index (χ1) is 9.54. The number of hydrogen-bond acceptors (Lipinski definition) is 6. The number of hydrogen-bond donors (Lipinski definition) is 1. The molecular formula is C13H21N3O2S2. The monoisotopic (exact) mass is 315 g/mol. The van der Waals surface area contributed by atoms with Crippen LogP contribution in [0.15, 0.2) is 4.90 Å². The van der Waals surface area contributed by atoms with Crippen LogP contribution in [-0.4, -0.2) is 31.1 Å². The van der Waals surface area contributed by atoms with Gasteiger partial charge in [0.1, 0.15) is 9.90 Å². The number of aromatic nitrogens is 1. The molecule has 2 fully saturated rings. The zero-order valence-corrected chi connectivity index (χ0v) is 13.3. The molecule has 1 saturated carbocycles. The van der Waals surface area contributed by atoms with Crippen molar-refractivity contribution in [2.75, 3.05) is 23.7 Å². The molecule has 1 aromatic rings. The summed E-state index contributed by atoms with van der Waals surface area (Å²) in [7, 11) is -3.28. The summed E-state index contributed by atoms with van der Waals surface area (Å²) in [4.78, 5) is 2.49. The van der Waals surface area contributed by atoms with Crippen molar-refractivity contribution in [1.82, 2.24) is 4.37 Å². The summed E-state index contributed by atoms with van der Waals surface area (Å²) < 4.78 is 29.2. The van der Waals surface area contributed by atoms with Gasteiger partial charge in [-0.3, -0.25) is 0 Å². The van der Waals surface area contributed by atoms with E-state index in [-0.39, 0.29) is 11.1 Å². The first kappa shape index (κ1) is 14.1. The smallest absolute Gasteiger partial charge is 0.187 e. The van der Waals surface area contributed by atoms with Crippen LogP contribution in [0.5, 0.6) is 0 Å². The fourth-order valence-electron chi connectivity index (χ4n) is 2.88. The lowest BCUT2D eigenvalue weighted by Crippen LogP contribution is -2.35. The van der Waals surface area contributed by atoms with Crippen LogP contribution in [-0.2, 0) is 9.84 Å². The highest BCUT2D eigenvalue weighted by atomic mass is 32.2. The van der Waals surface area contributed by atoms with Gasteiger partial charge in [-0.25, -0.2) is 8.42 Å². The minimum Gasteiger partial charge on any atom is -0.382 e. The lowest BCUT2D eigenvalue weighted by Gasteiger charge is -2.33. The number of anilines is 2. The third-order valence-electron chi connectivity index (χ3n) is 4.29. The molecule has 1 aliphatic heterocycles. The van der Waals surface area contributed by atoms with Crippen molar-refractivity contribution in [3.05, 3.63) is 0 Å². The summed E-state index contributed by atoms with van der Waals surface area (Å²) in [5.74, 6) is 0.832. The molecule has 2 N–H and O–H groups in total. The lowest BCUT2D eigenvalue weighted by molar-refractivity contribution is 0.405. The van der Waals surface area contributed by atoms with Gasteiger partial charge in [0.05, 0.1) is 5.25 Å². The zero-order chi connectivity index (χ0) is 14.3. The second-order valence-corrected chi connectivity index (χ2v) is 8.73. The highest BCUT2D eigenvalue weighted by Gasteiger charge is 2.41. The van der Waals surface area contributed by atoms with Gasteiger partial charge in [0, 0.05) is 13.1 Å². The number of piperidine rings is 1. The van der Waals surface area contributed by atoms with Crippen LogP contribution >= 0.6 is 11.5 Å². The van der Waals surface area contributed by atoms with Crippen molar-refractivity contribution in [3.63, 3.8) is 0 Å². The molecule has 0 amide bonds. The van der Waals surface area contributed by atoms with Gasteiger partial charge >= 0.3 is 0 Å². The average molecular weight is 315 g/mol. The number of nitrogens with zero attached hydrogens (tertiary/aromatic N) is 2. The van der Waals surface area contributed by atoms with E-state index in [0.29, 0.717) is 10.8 Å². The predicted octanol–water partition coefficient (Wildman–Crippen LogP) is 2.29. The molecule has 20 heavy (non-hydrogen) atoms. The third kappa shape index (κ3) is 2.41. The normalized spacial score (nSPS) is 24.1. The third-order valence-corrected chi connectivity index (χ3v) is 7.66. The van der Waals surface area contributed by atoms with Crippen LogP contribution in [0.1, 0.15) is 39.0 Å². The molecule has 7 heteroatoms. The van der Waals surface area contributed by atoms with Crippen molar-refractivity contribution in [1.29, 1.82) is 0 Å². The van der Waals surface area contributed by atoms with Crippen molar-refractivity contribution in [2.45, 2.75) is 49.2 Å². The summed E-state index contributed by atoms with van der Waals surface area (Å²) in [5.41, 5.74) is 5.86. The van der Waals surface area contributed by atoms with Crippen LogP contribution in [0.2, 0.25) is 0 Å². The minimum absolute atomic E-state index is 0.190. The molecule has 2 heterocycles.